The molecule has 0 spiro atoms. The van der Waals surface area contributed by atoms with E-state index in [1.807, 2.05) is 25.1 Å². The summed E-state index contributed by atoms with van der Waals surface area (Å²) < 4.78 is 6.12. The van der Waals surface area contributed by atoms with Gasteiger partial charge in [-0.25, -0.2) is 0 Å². The summed E-state index contributed by atoms with van der Waals surface area (Å²) in [6, 6.07) is 9.14. The van der Waals surface area contributed by atoms with Crippen LogP contribution in [0.4, 0.5) is 5.69 Å². The van der Waals surface area contributed by atoms with Crippen LogP contribution in [-0.4, -0.2) is 17.2 Å². The molecule has 0 fully saturated rings. The predicted molar refractivity (Wildman–Crippen MR) is 78.7 cm³/mol. The van der Waals surface area contributed by atoms with Gasteiger partial charge in [-0.1, -0.05) is 15.9 Å². The van der Waals surface area contributed by atoms with Crippen molar-refractivity contribution in [2.24, 2.45) is 0 Å². The van der Waals surface area contributed by atoms with Crippen LogP contribution in [0.3, 0.4) is 0 Å². The van der Waals surface area contributed by atoms with Crippen molar-refractivity contribution < 1.29 is 9.84 Å². The highest BCUT2D eigenvalue weighted by molar-refractivity contribution is 9.10. The highest BCUT2D eigenvalue weighted by atomic mass is 79.9. The van der Waals surface area contributed by atoms with Crippen LogP contribution in [0.1, 0.15) is 11.4 Å². The number of benzene rings is 1. The molecule has 0 aliphatic heterocycles. The van der Waals surface area contributed by atoms with Gasteiger partial charge in [-0.15, -0.1) is 0 Å². The molecular formula is C14H15BrN2O2. The average Bonchev–Trinajstić information content (AvgIpc) is 2.39. The van der Waals surface area contributed by atoms with Gasteiger partial charge in [0.25, 0.3) is 0 Å². The van der Waals surface area contributed by atoms with Gasteiger partial charge < -0.3 is 15.2 Å². The number of methoxy groups -OCH3 is 1. The maximum absolute atomic E-state index is 9.73. The van der Waals surface area contributed by atoms with Crippen LogP contribution in [0.2, 0.25) is 0 Å². The lowest BCUT2D eigenvalue weighted by atomic mass is 10.2. The Morgan fingerprint density at radius 3 is 2.84 bits per heavy atom. The third-order valence-corrected chi connectivity index (χ3v) is 3.11. The first-order chi connectivity index (χ1) is 9.08. The number of hydrogen-bond donors (Lipinski definition) is 2. The molecule has 19 heavy (non-hydrogen) atoms. The van der Waals surface area contributed by atoms with Gasteiger partial charge in [-0.2, -0.15) is 0 Å². The summed E-state index contributed by atoms with van der Waals surface area (Å²) in [5.74, 6) is 0.957. The van der Waals surface area contributed by atoms with Crippen LogP contribution in [0.25, 0.3) is 0 Å². The largest absolute Gasteiger partial charge is 0.506 e. The Morgan fingerprint density at radius 1 is 1.32 bits per heavy atom. The average molecular weight is 323 g/mol. The molecule has 0 aliphatic carbocycles. The second-order valence-electron chi connectivity index (χ2n) is 4.15. The van der Waals surface area contributed by atoms with Gasteiger partial charge in [0.2, 0.25) is 0 Å². The molecule has 0 saturated carbocycles. The van der Waals surface area contributed by atoms with Crippen molar-refractivity contribution in [3.63, 3.8) is 0 Å². The summed E-state index contributed by atoms with van der Waals surface area (Å²) in [6.45, 7) is 2.35. The second kappa shape index (κ2) is 5.93. The number of nitrogens with one attached hydrogen (secondary N) is 1. The minimum absolute atomic E-state index is 0.195. The first-order valence-corrected chi connectivity index (χ1v) is 6.62. The van der Waals surface area contributed by atoms with E-state index in [0.717, 1.165) is 21.6 Å². The zero-order chi connectivity index (χ0) is 13.8. The zero-order valence-corrected chi connectivity index (χ0v) is 12.4. The Morgan fingerprint density at radius 2 is 2.11 bits per heavy atom. The maximum Gasteiger partial charge on any atom is 0.138 e. The van der Waals surface area contributed by atoms with E-state index in [-0.39, 0.29) is 5.75 Å². The Kier molecular flexibility index (Phi) is 4.27. The van der Waals surface area contributed by atoms with E-state index < -0.39 is 0 Å². The molecule has 0 aliphatic rings. The molecule has 4 nitrogen and oxygen atoms in total. The molecule has 100 valence electrons. The first kappa shape index (κ1) is 13.7. The van der Waals surface area contributed by atoms with Gasteiger partial charge in [0, 0.05) is 21.9 Å². The first-order valence-electron chi connectivity index (χ1n) is 5.82. The molecule has 0 saturated heterocycles. The van der Waals surface area contributed by atoms with Crippen LogP contribution in [-0.2, 0) is 6.54 Å². The van der Waals surface area contributed by atoms with E-state index in [2.05, 4.69) is 26.2 Å². The number of pyridine rings is 1. The number of rotatable bonds is 4. The van der Waals surface area contributed by atoms with Crippen molar-refractivity contribution in [2.75, 3.05) is 12.4 Å². The Bertz CT molecular complexity index is 588. The molecule has 0 radical (unpaired) electrons. The summed E-state index contributed by atoms with van der Waals surface area (Å²) in [4.78, 5) is 4.30. The van der Waals surface area contributed by atoms with Crippen molar-refractivity contribution >= 4 is 21.6 Å². The summed E-state index contributed by atoms with van der Waals surface area (Å²) in [6.07, 6.45) is 0. The fourth-order valence-electron chi connectivity index (χ4n) is 1.70. The standard InChI is InChI=1S/C14H15BrN2O2/c1-9-3-4-14(18)13(17-9)8-16-11-5-10(15)6-12(7-11)19-2/h3-7,16,18H,8H2,1-2H3. The quantitative estimate of drug-likeness (QED) is 0.904. The highest BCUT2D eigenvalue weighted by Crippen LogP contribution is 2.25. The molecule has 0 unspecified atom stereocenters. The highest BCUT2D eigenvalue weighted by Gasteiger charge is 2.04. The van der Waals surface area contributed by atoms with E-state index >= 15 is 0 Å². The van der Waals surface area contributed by atoms with E-state index in [1.165, 1.54) is 0 Å². The van der Waals surface area contributed by atoms with Gasteiger partial charge in [-0.3, -0.25) is 4.98 Å². The van der Waals surface area contributed by atoms with Crippen LogP contribution < -0.4 is 10.1 Å². The number of halogens is 1. The number of ether oxygens (including phenoxy) is 1. The number of nitrogens with zero attached hydrogens (tertiary/aromatic N) is 1. The molecule has 1 heterocycles. The number of anilines is 1. The summed E-state index contributed by atoms with van der Waals surface area (Å²) in [5, 5.41) is 12.9. The van der Waals surface area contributed by atoms with Crippen molar-refractivity contribution in [3.8, 4) is 11.5 Å². The zero-order valence-electron chi connectivity index (χ0n) is 10.8. The molecule has 1 aromatic heterocycles. The number of aromatic hydroxyl groups is 1. The maximum atomic E-state index is 9.73. The van der Waals surface area contributed by atoms with Gasteiger partial charge >= 0.3 is 0 Å². The summed E-state index contributed by atoms with van der Waals surface area (Å²) in [5.41, 5.74) is 2.40. The molecule has 2 aromatic rings. The second-order valence-corrected chi connectivity index (χ2v) is 5.07. The normalized spacial score (nSPS) is 10.3. The molecule has 0 amide bonds. The molecule has 2 rings (SSSR count). The lowest BCUT2D eigenvalue weighted by molar-refractivity contribution is 0.414. The minimum Gasteiger partial charge on any atom is -0.506 e. The SMILES string of the molecule is COc1cc(Br)cc(NCc2nc(C)ccc2O)c1. The third kappa shape index (κ3) is 3.61. The van der Waals surface area contributed by atoms with Crippen molar-refractivity contribution in [2.45, 2.75) is 13.5 Å². The third-order valence-electron chi connectivity index (χ3n) is 2.66. The van der Waals surface area contributed by atoms with Crippen molar-refractivity contribution in [1.29, 1.82) is 0 Å². The Labute approximate surface area is 120 Å². The lowest BCUT2D eigenvalue weighted by Gasteiger charge is -2.10. The fourth-order valence-corrected chi connectivity index (χ4v) is 2.17. The minimum atomic E-state index is 0.195. The van der Waals surface area contributed by atoms with Crippen molar-refractivity contribution in [1.82, 2.24) is 4.98 Å². The van der Waals surface area contributed by atoms with Crippen LogP contribution in [0.5, 0.6) is 11.5 Å². The van der Waals surface area contributed by atoms with Gasteiger partial charge in [0.05, 0.1) is 13.7 Å². The van der Waals surface area contributed by atoms with Crippen LogP contribution >= 0.6 is 15.9 Å². The topological polar surface area (TPSA) is 54.4 Å². The fraction of sp³-hybridized carbons (Fsp3) is 0.214. The Hall–Kier alpha value is -1.75. The van der Waals surface area contributed by atoms with Gasteiger partial charge in [0.1, 0.15) is 17.2 Å². The predicted octanol–water partition coefficient (Wildman–Crippen LogP) is 3.48. The molecular weight excluding hydrogens is 308 g/mol. The molecule has 5 heteroatoms. The van der Waals surface area contributed by atoms with Gasteiger partial charge in [-0.05, 0) is 31.2 Å². The molecule has 0 bridgehead atoms. The number of hydrogen-bond acceptors (Lipinski definition) is 4. The number of aromatic nitrogens is 1. The molecule has 0 atom stereocenters. The molecule has 2 N–H and O–H groups in total. The molecule has 1 aromatic carbocycles. The summed E-state index contributed by atoms with van der Waals surface area (Å²) >= 11 is 3.42. The number of aryl methyl sites for hydroxylation is 1. The monoisotopic (exact) mass is 322 g/mol. The van der Waals surface area contributed by atoms with Crippen molar-refractivity contribution in [3.05, 3.63) is 46.2 Å². The van der Waals surface area contributed by atoms with E-state index in [0.29, 0.717) is 12.2 Å². The smallest absolute Gasteiger partial charge is 0.138 e. The van der Waals surface area contributed by atoms with E-state index in [4.69, 9.17) is 4.74 Å². The Balaban J connectivity index is 2.14. The van der Waals surface area contributed by atoms with Crippen LogP contribution in [0, 0.1) is 6.92 Å². The summed E-state index contributed by atoms with van der Waals surface area (Å²) in [7, 11) is 1.62. The van der Waals surface area contributed by atoms with E-state index in [1.54, 1.807) is 19.2 Å². The van der Waals surface area contributed by atoms with Crippen LogP contribution in [0.15, 0.2) is 34.8 Å². The van der Waals surface area contributed by atoms with Gasteiger partial charge in [0.15, 0.2) is 0 Å². The van der Waals surface area contributed by atoms with E-state index in [9.17, 15) is 5.11 Å². The lowest BCUT2D eigenvalue weighted by Crippen LogP contribution is -2.03.